The molecule has 1 heterocycles. The van der Waals surface area contributed by atoms with E-state index in [1.165, 1.54) is 19.3 Å². The number of rotatable bonds is 3. The molecule has 0 aromatic carbocycles. The van der Waals surface area contributed by atoms with Crippen LogP contribution in [0.1, 0.15) is 53.0 Å². The molecule has 1 N–H and O–H groups in total. The minimum Gasteiger partial charge on any atom is -0.380 e. The highest BCUT2D eigenvalue weighted by molar-refractivity contribution is 5.39. The summed E-state index contributed by atoms with van der Waals surface area (Å²) >= 11 is 0. The lowest BCUT2D eigenvalue weighted by Gasteiger charge is -2.17. The zero-order chi connectivity index (χ0) is 11.8. The lowest BCUT2D eigenvalue weighted by atomic mass is 9.92. The molecule has 90 valence electrons. The summed E-state index contributed by atoms with van der Waals surface area (Å²) in [6.07, 6.45) is 7.91. The van der Waals surface area contributed by atoms with Gasteiger partial charge in [-0.2, -0.15) is 5.10 Å². The van der Waals surface area contributed by atoms with Crippen molar-refractivity contribution in [1.82, 2.24) is 9.78 Å². The molecule has 1 aliphatic carbocycles. The fourth-order valence-corrected chi connectivity index (χ4v) is 2.49. The summed E-state index contributed by atoms with van der Waals surface area (Å²) < 4.78 is 2.00. The smallest absolute Gasteiger partial charge is 0.0728 e. The summed E-state index contributed by atoms with van der Waals surface area (Å²) in [7, 11) is 0. The standard InChI is InChI=1S/C13H23N3/c1-10(2)16-9-12(8-14-16)15-11-5-6-13(3,4)7-11/h8-11,15H,5-7H2,1-4H3. The summed E-state index contributed by atoms with van der Waals surface area (Å²) in [5.74, 6) is 0. The van der Waals surface area contributed by atoms with Crippen LogP contribution in [-0.4, -0.2) is 15.8 Å². The molecule has 1 saturated carbocycles. The Labute approximate surface area is 98.2 Å². The SMILES string of the molecule is CC(C)n1cc(NC2CCC(C)(C)C2)cn1. The third-order valence-electron chi connectivity index (χ3n) is 3.47. The first kappa shape index (κ1) is 11.5. The second kappa shape index (κ2) is 4.11. The van der Waals surface area contributed by atoms with E-state index >= 15 is 0 Å². The van der Waals surface area contributed by atoms with Gasteiger partial charge in [-0.05, 0) is 38.5 Å². The maximum atomic E-state index is 4.35. The van der Waals surface area contributed by atoms with Gasteiger partial charge in [-0.3, -0.25) is 4.68 Å². The van der Waals surface area contributed by atoms with Gasteiger partial charge >= 0.3 is 0 Å². The maximum Gasteiger partial charge on any atom is 0.0728 e. The van der Waals surface area contributed by atoms with Crippen molar-refractivity contribution in [3.8, 4) is 0 Å². The third-order valence-corrected chi connectivity index (χ3v) is 3.47. The van der Waals surface area contributed by atoms with Crippen LogP contribution in [0.2, 0.25) is 0 Å². The minimum absolute atomic E-state index is 0.440. The molecule has 2 rings (SSSR count). The molecule has 0 aliphatic heterocycles. The largest absolute Gasteiger partial charge is 0.380 e. The van der Waals surface area contributed by atoms with Crippen molar-refractivity contribution in [2.75, 3.05) is 5.32 Å². The van der Waals surface area contributed by atoms with Crippen LogP contribution < -0.4 is 5.32 Å². The van der Waals surface area contributed by atoms with Gasteiger partial charge < -0.3 is 5.32 Å². The summed E-state index contributed by atoms with van der Waals surface area (Å²) in [5, 5.41) is 7.94. The van der Waals surface area contributed by atoms with Crippen LogP contribution in [0.4, 0.5) is 5.69 Å². The lowest BCUT2D eigenvalue weighted by Crippen LogP contribution is -2.17. The number of anilines is 1. The highest BCUT2D eigenvalue weighted by Crippen LogP contribution is 2.38. The van der Waals surface area contributed by atoms with E-state index in [4.69, 9.17) is 0 Å². The molecule has 1 aromatic rings. The van der Waals surface area contributed by atoms with Crippen LogP contribution in [-0.2, 0) is 0 Å². The Morgan fingerprint density at radius 2 is 2.25 bits per heavy atom. The van der Waals surface area contributed by atoms with Gasteiger partial charge in [0, 0.05) is 18.3 Å². The van der Waals surface area contributed by atoms with Gasteiger partial charge in [0.25, 0.3) is 0 Å². The Kier molecular flexibility index (Phi) is 2.96. The Morgan fingerprint density at radius 3 is 2.75 bits per heavy atom. The highest BCUT2D eigenvalue weighted by atomic mass is 15.3. The number of hydrogen-bond donors (Lipinski definition) is 1. The predicted molar refractivity (Wildman–Crippen MR) is 67.7 cm³/mol. The van der Waals surface area contributed by atoms with Crippen LogP contribution in [0.15, 0.2) is 12.4 Å². The maximum absolute atomic E-state index is 4.35. The molecule has 0 bridgehead atoms. The van der Waals surface area contributed by atoms with E-state index in [0.717, 1.165) is 5.69 Å². The molecular formula is C13H23N3. The van der Waals surface area contributed by atoms with Crippen LogP contribution in [0.25, 0.3) is 0 Å². The van der Waals surface area contributed by atoms with Crippen molar-refractivity contribution in [2.45, 2.75) is 59.0 Å². The normalized spacial score (nSPS) is 23.9. The van der Waals surface area contributed by atoms with Gasteiger partial charge in [0.2, 0.25) is 0 Å². The molecule has 1 unspecified atom stereocenters. The van der Waals surface area contributed by atoms with Gasteiger partial charge in [-0.1, -0.05) is 13.8 Å². The van der Waals surface area contributed by atoms with E-state index in [1.54, 1.807) is 0 Å². The van der Waals surface area contributed by atoms with Crippen LogP contribution in [0.3, 0.4) is 0 Å². The zero-order valence-corrected chi connectivity index (χ0v) is 10.8. The van der Waals surface area contributed by atoms with Crippen molar-refractivity contribution in [3.63, 3.8) is 0 Å². The Bertz CT molecular complexity index is 352. The number of aromatic nitrogens is 2. The minimum atomic E-state index is 0.440. The molecule has 1 aliphatic rings. The zero-order valence-electron chi connectivity index (χ0n) is 10.8. The van der Waals surface area contributed by atoms with E-state index in [2.05, 4.69) is 44.3 Å². The number of hydrogen-bond acceptors (Lipinski definition) is 2. The van der Waals surface area contributed by atoms with Crippen molar-refractivity contribution in [2.24, 2.45) is 5.41 Å². The third kappa shape index (κ3) is 2.57. The molecule has 1 aromatic heterocycles. The molecule has 16 heavy (non-hydrogen) atoms. The van der Waals surface area contributed by atoms with Gasteiger partial charge in [0.1, 0.15) is 0 Å². The molecule has 1 atom stereocenters. The molecule has 3 nitrogen and oxygen atoms in total. The monoisotopic (exact) mass is 221 g/mol. The highest BCUT2D eigenvalue weighted by Gasteiger charge is 2.30. The molecular weight excluding hydrogens is 198 g/mol. The van der Waals surface area contributed by atoms with Crippen LogP contribution in [0, 0.1) is 5.41 Å². The van der Waals surface area contributed by atoms with E-state index in [0.29, 0.717) is 17.5 Å². The van der Waals surface area contributed by atoms with E-state index in [-0.39, 0.29) is 0 Å². The first-order chi connectivity index (χ1) is 7.46. The van der Waals surface area contributed by atoms with Gasteiger partial charge in [-0.25, -0.2) is 0 Å². The average Bonchev–Trinajstić information content (AvgIpc) is 2.73. The van der Waals surface area contributed by atoms with Crippen LogP contribution in [0.5, 0.6) is 0 Å². The van der Waals surface area contributed by atoms with E-state index in [9.17, 15) is 0 Å². The molecule has 0 amide bonds. The van der Waals surface area contributed by atoms with Crippen molar-refractivity contribution >= 4 is 5.69 Å². The molecule has 0 spiro atoms. The van der Waals surface area contributed by atoms with Gasteiger partial charge in [0.05, 0.1) is 11.9 Å². The predicted octanol–water partition coefficient (Wildman–Crippen LogP) is 3.45. The van der Waals surface area contributed by atoms with Crippen molar-refractivity contribution in [1.29, 1.82) is 0 Å². The Morgan fingerprint density at radius 1 is 1.50 bits per heavy atom. The quantitative estimate of drug-likeness (QED) is 0.847. The molecule has 0 saturated heterocycles. The molecule has 0 radical (unpaired) electrons. The average molecular weight is 221 g/mol. The Balaban J connectivity index is 1.94. The lowest BCUT2D eigenvalue weighted by molar-refractivity contribution is 0.378. The number of nitrogens with one attached hydrogen (secondary N) is 1. The molecule has 1 fully saturated rings. The van der Waals surface area contributed by atoms with Crippen LogP contribution >= 0.6 is 0 Å². The second-order valence-electron chi connectivity index (χ2n) is 6.05. The van der Waals surface area contributed by atoms with Gasteiger partial charge in [0.15, 0.2) is 0 Å². The molecule has 3 heteroatoms. The van der Waals surface area contributed by atoms with Crippen molar-refractivity contribution < 1.29 is 0 Å². The summed E-state index contributed by atoms with van der Waals surface area (Å²) in [5.41, 5.74) is 1.67. The fourth-order valence-electron chi connectivity index (χ4n) is 2.49. The topological polar surface area (TPSA) is 29.9 Å². The fraction of sp³-hybridized carbons (Fsp3) is 0.769. The van der Waals surface area contributed by atoms with E-state index in [1.807, 2.05) is 10.9 Å². The summed E-state index contributed by atoms with van der Waals surface area (Å²) in [6, 6.07) is 1.07. The number of nitrogens with zero attached hydrogens (tertiary/aromatic N) is 2. The first-order valence-corrected chi connectivity index (χ1v) is 6.27. The van der Waals surface area contributed by atoms with E-state index < -0.39 is 0 Å². The summed E-state index contributed by atoms with van der Waals surface area (Å²) in [4.78, 5) is 0. The van der Waals surface area contributed by atoms with Gasteiger partial charge in [-0.15, -0.1) is 0 Å². The second-order valence-corrected chi connectivity index (χ2v) is 6.05. The Hall–Kier alpha value is -0.990. The summed E-state index contributed by atoms with van der Waals surface area (Å²) in [6.45, 7) is 9.00. The van der Waals surface area contributed by atoms with Crippen molar-refractivity contribution in [3.05, 3.63) is 12.4 Å². The first-order valence-electron chi connectivity index (χ1n) is 6.27.